The summed E-state index contributed by atoms with van der Waals surface area (Å²) in [5, 5.41) is 10.2. The van der Waals surface area contributed by atoms with Crippen LogP contribution in [-0.2, 0) is 4.79 Å². The first-order chi connectivity index (χ1) is 15.0. The van der Waals surface area contributed by atoms with E-state index in [4.69, 9.17) is 9.47 Å². The Morgan fingerprint density at radius 3 is 2.61 bits per heavy atom. The van der Waals surface area contributed by atoms with E-state index >= 15 is 0 Å². The number of anilines is 1. The molecular weight excluding hydrogens is 403 g/mol. The summed E-state index contributed by atoms with van der Waals surface area (Å²) >= 11 is 0. The van der Waals surface area contributed by atoms with Crippen molar-refractivity contribution >= 4 is 17.6 Å². The quantitative estimate of drug-likeness (QED) is 0.652. The van der Waals surface area contributed by atoms with Crippen molar-refractivity contribution in [3.8, 4) is 11.5 Å². The highest BCUT2D eigenvalue weighted by Crippen LogP contribution is 2.46. The second-order valence-electron chi connectivity index (χ2n) is 7.26. The topological polar surface area (TPSA) is 89.0 Å². The van der Waals surface area contributed by atoms with Gasteiger partial charge >= 0.3 is 5.97 Å². The summed E-state index contributed by atoms with van der Waals surface area (Å²) in [7, 11) is 0. The summed E-state index contributed by atoms with van der Waals surface area (Å²) in [6.07, 6.45) is 1.25. The Kier molecular flexibility index (Phi) is 4.54. The molecule has 0 fully saturated rings. The second-order valence-corrected chi connectivity index (χ2v) is 7.26. The van der Waals surface area contributed by atoms with Gasteiger partial charge in [0, 0.05) is 17.8 Å². The molecule has 5 rings (SSSR count). The van der Waals surface area contributed by atoms with Crippen LogP contribution in [0.15, 0.2) is 60.8 Å². The molecule has 2 aliphatic heterocycles. The van der Waals surface area contributed by atoms with Crippen LogP contribution in [0.25, 0.3) is 0 Å². The molecule has 2 unspecified atom stereocenters. The van der Waals surface area contributed by atoms with Crippen molar-refractivity contribution in [1.29, 1.82) is 0 Å². The lowest BCUT2D eigenvalue weighted by atomic mass is 9.79. The Hall–Kier alpha value is -3.94. The molecule has 3 aromatic rings. The van der Waals surface area contributed by atoms with Crippen LogP contribution in [0.2, 0.25) is 0 Å². The molecule has 156 valence electrons. The number of halogens is 1. The molecule has 8 heteroatoms. The van der Waals surface area contributed by atoms with Gasteiger partial charge in [0.15, 0.2) is 11.5 Å². The van der Waals surface area contributed by atoms with E-state index in [1.54, 1.807) is 42.5 Å². The Labute approximate surface area is 176 Å². The Balaban J connectivity index is 1.74. The highest BCUT2D eigenvalue weighted by Gasteiger charge is 2.45. The number of hydrogen-bond donors (Lipinski definition) is 1. The Morgan fingerprint density at radius 2 is 1.84 bits per heavy atom. The van der Waals surface area contributed by atoms with Crippen LogP contribution in [0, 0.1) is 5.95 Å². The fraction of sp³-hybridized carbons (Fsp3) is 0.174. The number of ether oxygens (including phenoxy) is 2. The molecule has 3 heterocycles. The number of fused-ring (bicyclic) bond motifs is 2. The van der Waals surface area contributed by atoms with Crippen molar-refractivity contribution in [3.63, 3.8) is 0 Å². The van der Waals surface area contributed by atoms with Gasteiger partial charge in [-0.1, -0.05) is 24.3 Å². The van der Waals surface area contributed by atoms with Crippen LogP contribution in [0.3, 0.4) is 0 Å². The maximum Gasteiger partial charge on any atom is 0.313 e. The second kappa shape index (κ2) is 7.39. The van der Waals surface area contributed by atoms with Gasteiger partial charge in [-0.2, -0.15) is 4.39 Å². The number of benzene rings is 2. The predicted molar refractivity (Wildman–Crippen MR) is 108 cm³/mol. The third-order valence-electron chi connectivity index (χ3n) is 5.50. The van der Waals surface area contributed by atoms with E-state index in [0.29, 0.717) is 35.8 Å². The van der Waals surface area contributed by atoms with Crippen molar-refractivity contribution in [2.75, 3.05) is 18.1 Å². The number of nitrogens with zero attached hydrogens (tertiary/aromatic N) is 2. The predicted octanol–water partition coefficient (Wildman–Crippen LogP) is 3.56. The number of aromatic nitrogens is 1. The maximum absolute atomic E-state index is 14.0. The van der Waals surface area contributed by atoms with E-state index in [9.17, 15) is 19.1 Å². The SMILES string of the molecule is O=C(O)C1c2ccccc2C(=O)N(c2ccnc(F)c2)C1c1ccc2c(c1)OCCO2. The molecule has 2 atom stereocenters. The fourth-order valence-electron chi connectivity index (χ4n) is 4.21. The molecule has 7 nitrogen and oxygen atoms in total. The summed E-state index contributed by atoms with van der Waals surface area (Å²) in [4.78, 5) is 30.8. The van der Waals surface area contributed by atoms with Crippen molar-refractivity contribution in [1.82, 2.24) is 4.98 Å². The molecular formula is C23H17FN2O5. The van der Waals surface area contributed by atoms with Crippen LogP contribution in [0.4, 0.5) is 10.1 Å². The van der Waals surface area contributed by atoms with Crippen LogP contribution >= 0.6 is 0 Å². The first kappa shape index (κ1) is 19.0. The molecule has 0 bridgehead atoms. The van der Waals surface area contributed by atoms with Crippen LogP contribution in [0.5, 0.6) is 11.5 Å². The van der Waals surface area contributed by atoms with Gasteiger partial charge in [-0.15, -0.1) is 0 Å². The van der Waals surface area contributed by atoms with Gasteiger partial charge < -0.3 is 14.6 Å². The lowest BCUT2D eigenvalue weighted by Gasteiger charge is -2.41. The standard InChI is InChI=1S/C23H17FN2O5/c24-19-12-14(7-8-25-19)26-21(13-5-6-17-18(11-13)31-10-9-30-17)20(23(28)29)15-3-1-2-4-16(15)22(26)27/h1-8,11-12,20-21H,9-10H2,(H,28,29). The molecule has 2 aliphatic rings. The summed E-state index contributed by atoms with van der Waals surface area (Å²) < 4.78 is 25.2. The summed E-state index contributed by atoms with van der Waals surface area (Å²) in [6.45, 7) is 0.784. The zero-order valence-corrected chi connectivity index (χ0v) is 16.2. The largest absolute Gasteiger partial charge is 0.486 e. The zero-order valence-electron chi connectivity index (χ0n) is 16.2. The van der Waals surface area contributed by atoms with Crippen molar-refractivity contribution in [2.45, 2.75) is 12.0 Å². The van der Waals surface area contributed by atoms with Gasteiger partial charge in [0.1, 0.15) is 19.1 Å². The molecule has 0 spiro atoms. The summed E-state index contributed by atoms with van der Waals surface area (Å²) in [5.74, 6) is -2.34. The maximum atomic E-state index is 14.0. The van der Waals surface area contributed by atoms with E-state index in [2.05, 4.69) is 4.98 Å². The molecule has 1 N–H and O–H groups in total. The highest BCUT2D eigenvalue weighted by atomic mass is 19.1. The van der Waals surface area contributed by atoms with Crippen LogP contribution < -0.4 is 14.4 Å². The lowest BCUT2D eigenvalue weighted by molar-refractivity contribution is -0.139. The minimum atomic E-state index is -1.10. The van der Waals surface area contributed by atoms with E-state index in [1.165, 1.54) is 17.2 Å². The third kappa shape index (κ3) is 3.16. The normalized spacial score (nSPS) is 19.6. The first-order valence-electron chi connectivity index (χ1n) is 9.71. The number of rotatable bonds is 3. The molecule has 0 aliphatic carbocycles. The van der Waals surface area contributed by atoms with Gasteiger partial charge in [0.2, 0.25) is 5.95 Å². The van der Waals surface area contributed by atoms with Crippen molar-refractivity contribution < 1.29 is 28.6 Å². The average molecular weight is 420 g/mol. The number of pyridine rings is 1. The molecule has 0 radical (unpaired) electrons. The van der Waals surface area contributed by atoms with Gasteiger partial charge in [-0.05, 0) is 35.4 Å². The number of amides is 1. The zero-order chi connectivity index (χ0) is 21.5. The fourth-order valence-corrected chi connectivity index (χ4v) is 4.21. The number of hydrogen-bond acceptors (Lipinski definition) is 5. The molecule has 1 amide bonds. The number of carboxylic acid groups (broad SMARTS) is 1. The van der Waals surface area contributed by atoms with E-state index < -0.39 is 29.8 Å². The number of carboxylic acids is 1. The number of aliphatic carboxylic acids is 1. The third-order valence-corrected chi connectivity index (χ3v) is 5.50. The Bertz CT molecular complexity index is 1200. The first-order valence-corrected chi connectivity index (χ1v) is 9.71. The van der Waals surface area contributed by atoms with Gasteiger partial charge in [-0.3, -0.25) is 14.5 Å². The van der Waals surface area contributed by atoms with Crippen LogP contribution in [-0.4, -0.2) is 35.2 Å². The Morgan fingerprint density at radius 1 is 1.06 bits per heavy atom. The van der Waals surface area contributed by atoms with E-state index in [-0.39, 0.29) is 11.3 Å². The number of carbonyl (C=O) groups is 2. The lowest BCUT2D eigenvalue weighted by Crippen LogP contribution is -2.45. The molecule has 1 aromatic heterocycles. The molecule has 0 saturated carbocycles. The van der Waals surface area contributed by atoms with Crippen LogP contribution in [0.1, 0.15) is 33.4 Å². The minimum Gasteiger partial charge on any atom is -0.486 e. The van der Waals surface area contributed by atoms with Gasteiger partial charge in [-0.25, -0.2) is 4.98 Å². The van der Waals surface area contributed by atoms with E-state index in [0.717, 1.165) is 6.07 Å². The molecule has 31 heavy (non-hydrogen) atoms. The molecule has 0 saturated heterocycles. The summed E-state index contributed by atoms with van der Waals surface area (Å²) in [6, 6.07) is 13.3. The molecule has 2 aromatic carbocycles. The minimum absolute atomic E-state index is 0.221. The van der Waals surface area contributed by atoms with E-state index in [1.807, 2.05) is 0 Å². The number of carbonyl (C=O) groups excluding carboxylic acids is 1. The average Bonchev–Trinajstić information content (AvgIpc) is 2.78. The van der Waals surface area contributed by atoms with Crippen molar-refractivity contribution in [2.24, 2.45) is 0 Å². The highest BCUT2D eigenvalue weighted by molar-refractivity contribution is 6.10. The monoisotopic (exact) mass is 420 g/mol. The van der Waals surface area contributed by atoms with Gasteiger partial charge in [0.25, 0.3) is 5.91 Å². The summed E-state index contributed by atoms with van der Waals surface area (Å²) in [5.41, 5.74) is 1.43. The smallest absolute Gasteiger partial charge is 0.313 e. The van der Waals surface area contributed by atoms with Gasteiger partial charge in [0.05, 0.1) is 11.7 Å². The van der Waals surface area contributed by atoms with Crippen molar-refractivity contribution in [3.05, 3.63) is 83.4 Å².